The van der Waals surface area contributed by atoms with E-state index in [1.54, 1.807) is 13.3 Å². The molecular weight excluding hydrogens is 314 g/mol. The van der Waals surface area contributed by atoms with Gasteiger partial charge in [-0.15, -0.1) is 0 Å². The molecule has 0 radical (unpaired) electrons. The summed E-state index contributed by atoms with van der Waals surface area (Å²) >= 11 is 0. The number of aromatic nitrogens is 3. The van der Waals surface area contributed by atoms with Crippen molar-refractivity contribution in [2.24, 2.45) is 5.92 Å². The Labute approximate surface area is 149 Å². The Morgan fingerprint density at radius 3 is 2.76 bits per heavy atom. The molecule has 0 unspecified atom stereocenters. The van der Waals surface area contributed by atoms with E-state index < -0.39 is 0 Å². The highest BCUT2D eigenvalue weighted by Gasteiger charge is 2.19. The van der Waals surface area contributed by atoms with Gasteiger partial charge in [0.25, 0.3) is 0 Å². The van der Waals surface area contributed by atoms with Crippen LogP contribution < -0.4 is 5.32 Å². The van der Waals surface area contributed by atoms with Gasteiger partial charge in [0.2, 0.25) is 0 Å². The topological polar surface area (TPSA) is 63.2 Å². The second kappa shape index (κ2) is 8.87. The summed E-state index contributed by atoms with van der Waals surface area (Å²) in [6.07, 6.45) is 4.22. The van der Waals surface area contributed by atoms with Gasteiger partial charge in [0, 0.05) is 32.5 Å². The van der Waals surface area contributed by atoms with Gasteiger partial charge in [0.05, 0.1) is 18.0 Å². The van der Waals surface area contributed by atoms with Crippen molar-refractivity contribution in [3.8, 4) is 11.4 Å². The maximum atomic E-state index is 5.16. The summed E-state index contributed by atoms with van der Waals surface area (Å²) in [5.41, 5.74) is 1.74. The highest BCUT2D eigenvalue weighted by molar-refractivity contribution is 5.58. The van der Waals surface area contributed by atoms with Crippen LogP contribution in [0.4, 0.5) is 5.82 Å². The number of anilines is 1. The molecule has 0 aromatic carbocycles. The Morgan fingerprint density at radius 1 is 1.20 bits per heavy atom. The van der Waals surface area contributed by atoms with Gasteiger partial charge in [0.1, 0.15) is 11.6 Å². The van der Waals surface area contributed by atoms with Crippen LogP contribution in [0.1, 0.15) is 18.7 Å². The Morgan fingerprint density at radius 2 is 2.04 bits per heavy atom. The molecule has 0 spiro atoms. The lowest BCUT2D eigenvalue weighted by atomic mass is 9.97. The zero-order chi connectivity index (χ0) is 17.5. The number of nitrogens with one attached hydrogen (secondary N) is 1. The zero-order valence-corrected chi connectivity index (χ0v) is 15.1. The van der Waals surface area contributed by atoms with E-state index in [2.05, 4.69) is 25.2 Å². The average Bonchev–Trinajstić information content (AvgIpc) is 2.66. The molecule has 6 heteroatoms. The summed E-state index contributed by atoms with van der Waals surface area (Å²) in [7, 11) is 1.76. The Hall–Kier alpha value is -2.05. The predicted octanol–water partition coefficient (Wildman–Crippen LogP) is 2.62. The Kier molecular flexibility index (Phi) is 6.30. The van der Waals surface area contributed by atoms with Gasteiger partial charge in [-0.25, -0.2) is 9.97 Å². The largest absolute Gasteiger partial charge is 0.383 e. The SMILES string of the molecule is COCCN1CCC(CNc2cc(-c3ccccn3)nc(C)n2)CC1. The summed E-state index contributed by atoms with van der Waals surface area (Å²) in [4.78, 5) is 15.9. The van der Waals surface area contributed by atoms with Crippen molar-refractivity contribution in [2.75, 3.05) is 45.2 Å². The molecule has 0 amide bonds. The standard InChI is InChI=1S/C19H27N5O/c1-15-22-18(17-5-3-4-8-20-17)13-19(23-15)21-14-16-6-9-24(10-7-16)11-12-25-2/h3-5,8,13,16H,6-7,9-12,14H2,1-2H3,(H,21,22,23). The molecule has 1 saturated heterocycles. The molecule has 0 bridgehead atoms. The minimum atomic E-state index is 0.687. The summed E-state index contributed by atoms with van der Waals surface area (Å²) in [5, 5.41) is 3.50. The first kappa shape index (κ1) is 17.8. The number of likely N-dealkylation sites (tertiary alicyclic amines) is 1. The van der Waals surface area contributed by atoms with E-state index in [1.807, 2.05) is 31.2 Å². The van der Waals surface area contributed by atoms with E-state index in [0.29, 0.717) is 5.92 Å². The number of ether oxygens (including phenoxy) is 1. The molecule has 0 atom stereocenters. The van der Waals surface area contributed by atoms with Crippen LogP contribution in [0.5, 0.6) is 0 Å². The summed E-state index contributed by atoms with van der Waals surface area (Å²) < 4.78 is 5.16. The number of nitrogens with zero attached hydrogens (tertiary/aromatic N) is 4. The normalized spacial score (nSPS) is 16.1. The molecule has 1 N–H and O–H groups in total. The number of hydrogen-bond donors (Lipinski definition) is 1. The monoisotopic (exact) mass is 341 g/mol. The van der Waals surface area contributed by atoms with Crippen molar-refractivity contribution in [1.29, 1.82) is 0 Å². The molecule has 25 heavy (non-hydrogen) atoms. The molecule has 3 heterocycles. The summed E-state index contributed by atoms with van der Waals surface area (Å²) in [6.45, 7) is 7.03. The second-order valence-electron chi connectivity index (χ2n) is 6.56. The fourth-order valence-corrected chi connectivity index (χ4v) is 3.19. The van der Waals surface area contributed by atoms with Crippen LogP contribution in [0.25, 0.3) is 11.4 Å². The summed E-state index contributed by atoms with van der Waals surface area (Å²) in [6, 6.07) is 7.85. The molecule has 1 fully saturated rings. The molecule has 3 rings (SSSR count). The molecular formula is C19H27N5O. The van der Waals surface area contributed by atoms with Gasteiger partial charge in [-0.05, 0) is 50.9 Å². The molecule has 0 saturated carbocycles. The second-order valence-corrected chi connectivity index (χ2v) is 6.56. The average molecular weight is 341 g/mol. The smallest absolute Gasteiger partial charge is 0.130 e. The molecule has 2 aromatic heterocycles. The number of rotatable bonds is 7. The number of piperidine rings is 1. The van der Waals surface area contributed by atoms with E-state index in [4.69, 9.17) is 4.74 Å². The Balaban J connectivity index is 1.55. The maximum absolute atomic E-state index is 5.16. The third-order valence-corrected chi connectivity index (χ3v) is 4.66. The third-order valence-electron chi connectivity index (χ3n) is 4.66. The third kappa shape index (κ3) is 5.21. The highest BCUT2D eigenvalue weighted by atomic mass is 16.5. The van der Waals surface area contributed by atoms with Crippen LogP contribution in [0.15, 0.2) is 30.5 Å². The lowest BCUT2D eigenvalue weighted by Crippen LogP contribution is -2.37. The van der Waals surface area contributed by atoms with Crippen LogP contribution in [0.3, 0.4) is 0 Å². The van der Waals surface area contributed by atoms with Gasteiger partial charge in [-0.1, -0.05) is 6.07 Å². The lowest BCUT2D eigenvalue weighted by Gasteiger charge is -2.31. The lowest BCUT2D eigenvalue weighted by molar-refractivity contribution is 0.122. The molecule has 6 nitrogen and oxygen atoms in total. The first-order valence-corrected chi connectivity index (χ1v) is 8.97. The van der Waals surface area contributed by atoms with Crippen LogP contribution >= 0.6 is 0 Å². The van der Waals surface area contributed by atoms with Crippen molar-refractivity contribution >= 4 is 5.82 Å². The summed E-state index contributed by atoms with van der Waals surface area (Å²) in [5.74, 6) is 2.34. The van der Waals surface area contributed by atoms with Gasteiger partial charge in [0.15, 0.2) is 0 Å². The maximum Gasteiger partial charge on any atom is 0.130 e. The molecule has 1 aliphatic rings. The van der Waals surface area contributed by atoms with E-state index >= 15 is 0 Å². The van der Waals surface area contributed by atoms with Crippen molar-refractivity contribution in [2.45, 2.75) is 19.8 Å². The van der Waals surface area contributed by atoms with E-state index in [-0.39, 0.29) is 0 Å². The van der Waals surface area contributed by atoms with Crippen molar-refractivity contribution < 1.29 is 4.74 Å². The van der Waals surface area contributed by atoms with Gasteiger partial charge >= 0.3 is 0 Å². The fourth-order valence-electron chi connectivity index (χ4n) is 3.19. The van der Waals surface area contributed by atoms with E-state index in [0.717, 1.165) is 55.8 Å². The first-order chi connectivity index (χ1) is 12.2. The zero-order valence-electron chi connectivity index (χ0n) is 15.1. The number of hydrogen-bond acceptors (Lipinski definition) is 6. The van der Waals surface area contributed by atoms with Gasteiger partial charge < -0.3 is 15.0 Å². The Bertz CT molecular complexity index is 656. The number of pyridine rings is 1. The van der Waals surface area contributed by atoms with Crippen LogP contribution in [0, 0.1) is 12.8 Å². The quantitative estimate of drug-likeness (QED) is 0.835. The fraction of sp³-hybridized carbons (Fsp3) is 0.526. The predicted molar refractivity (Wildman–Crippen MR) is 99.5 cm³/mol. The van der Waals surface area contributed by atoms with Crippen LogP contribution in [0.2, 0.25) is 0 Å². The van der Waals surface area contributed by atoms with Crippen molar-refractivity contribution in [1.82, 2.24) is 19.9 Å². The van der Waals surface area contributed by atoms with E-state index in [9.17, 15) is 0 Å². The minimum Gasteiger partial charge on any atom is -0.383 e. The molecule has 1 aliphatic heterocycles. The van der Waals surface area contributed by atoms with Gasteiger partial charge in [-0.3, -0.25) is 4.98 Å². The highest BCUT2D eigenvalue weighted by Crippen LogP contribution is 2.20. The van der Waals surface area contributed by atoms with Crippen LogP contribution in [-0.4, -0.2) is 59.7 Å². The van der Waals surface area contributed by atoms with Gasteiger partial charge in [-0.2, -0.15) is 0 Å². The van der Waals surface area contributed by atoms with Crippen LogP contribution in [-0.2, 0) is 4.74 Å². The van der Waals surface area contributed by atoms with Crippen molar-refractivity contribution in [3.63, 3.8) is 0 Å². The molecule has 134 valence electrons. The molecule has 2 aromatic rings. The minimum absolute atomic E-state index is 0.687. The van der Waals surface area contributed by atoms with E-state index in [1.165, 1.54) is 12.8 Å². The number of aryl methyl sites for hydroxylation is 1. The first-order valence-electron chi connectivity index (χ1n) is 8.97. The molecule has 0 aliphatic carbocycles. The van der Waals surface area contributed by atoms with Crippen molar-refractivity contribution in [3.05, 3.63) is 36.3 Å². The number of methoxy groups -OCH3 is 1.